The topological polar surface area (TPSA) is 124 Å². The van der Waals surface area contributed by atoms with Crippen molar-refractivity contribution >= 4 is 34.8 Å². The van der Waals surface area contributed by atoms with E-state index in [1.807, 2.05) is 18.0 Å². The van der Waals surface area contributed by atoms with Gasteiger partial charge in [-0.1, -0.05) is 24.0 Å². The second-order valence-electron chi connectivity index (χ2n) is 13.1. The summed E-state index contributed by atoms with van der Waals surface area (Å²) < 4.78 is 32.5. The Morgan fingerprint density at radius 1 is 1.04 bits per heavy atom. The molecular formula is C39H42FN5O6. The number of imidazole rings is 1. The first-order valence-corrected chi connectivity index (χ1v) is 16.7. The average molecular weight is 696 g/mol. The maximum atomic E-state index is 13.6. The van der Waals surface area contributed by atoms with E-state index in [0.29, 0.717) is 42.1 Å². The quantitative estimate of drug-likeness (QED) is 0.0982. The number of ether oxygens (including phenoxy) is 3. The Morgan fingerprint density at radius 3 is 2.53 bits per heavy atom. The summed E-state index contributed by atoms with van der Waals surface area (Å²) in [6, 6.07) is 16.0. The lowest BCUT2D eigenvalue weighted by Crippen LogP contribution is -2.29. The van der Waals surface area contributed by atoms with Crippen molar-refractivity contribution in [2.45, 2.75) is 58.3 Å². The Hall–Kier alpha value is -5.51. The first-order chi connectivity index (χ1) is 24.4. The number of halogens is 1. The lowest BCUT2D eigenvalue weighted by Gasteiger charge is -2.26. The minimum atomic E-state index is -0.788. The predicted molar refractivity (Wildman–Crippen MR) is 193 cm³/mol. The molecule has 1 aromatic heterocycles. The molecule has 5 rings (SSSR count). The van der Waals surface area contributed by atoms with Crippen LogP contribution in [-0.2, 0) is 19.0 Å². The molecule has 11 nitrogen and oxygen atoms in total. The van der Waals surface area contributed by atoms with E-state index < -0.39 is 29.8 Å². The molecule has 3 aromatic carbocycles. The Bertz CT molecular complexity index is 1890. The second kappa shape index (κ2) is 16.9. The molecule has 2 amide bonds. The van der Waals surface area contributed by atoms with Crippen LogP contribution in [0.5, 0.6) is 0 Å². The molecule has 1 unspecified atom stereocenters. The van der Waals surface area contributed by atoms with Gasteiger partial charge in [-0.25, -0.2) is 14.2 Å². The maximum Gasteiger partial charge on any atom is 0.412 e. The Morgan fingerprint density at radius 2 is 1.82 bits per heavy atom. The molecule has 0 bridgehead atoms. The highest BCUT2D eigenvalue weighted by atomic mass is 19.1. The lowest BCUT2D eigenvalue weighted by atomic mass is 10.1. The van der Waals surface area contributed by atoms with Crippen LogP contribution in [0.25, 0.3) is 5.69 Å². The van der Waals surface area contributed by atoms with Gasteiger partial charge in [0, 0.05) is 49.4 Å². The molecule has 0 aliphatic carbocycles. The standard InChI is InChI=1S/C39H42FN5O6/c1-39(2,3)51-38(48)43-33-24-34(44(4)19-21-50-37-10-5-6-20-49-37)28(14-11-27-12-15-30(40)16-13-27)23-32(33)42-36(47)25-35(46)29-8-7-9-31(22-29)45-18-17-41-26-45/h7-9,12-13,15-18,22-24,26,37H,5-6,10,19-21,25H2,1-4H3,(H,42,47)(H,43,48). The van der Waals surface area contributed by atoms with Gasteiger partial charge in [-0.2, -0.15) is 0 Å². The molecule has 0 radical (unpaired) electrons. The van der Waals surface area contributed by atoms with Crippen LogP contribution in [0.15, 0.2) is 79.4 Å². The molecule has 1 aliphatic rings. The largest absolute Gasteiger partial charge is 0.444 e. The van der Waals surface area contributed by atoms with E-state index in [1.54, 1.807) is 86.5 Å². The van der Waals surface area contributed by atoms with Crippen LogP contribution in [0.3, 0.4) is 0 Å². The van der Waals surface area contributed by atoms with Crippen molar-refractivity contribution in [3.05, 3.63) is 102 Å². The van der Waals surface area contributed by atoms with Crippen molar-refractivity contribution in [1.82, 2.24) is 9.55 Å². The number of aromatic nitrogens is 2. The zero-order valence-corrected chi connectivity index (χ0v) is 29.2. The molecule has 1 aliphatic heterocycles. The third-order valence-electron chi connectivity index (χ3n) is 7.80. The fraction of sp³-hybridized carbons (Fsp3) is 0.333. The van der Waals surface area contributed by atoms with E-state index in [2.05, 4.69) is 27.5 Å². The molecule has 1 saturated heterocycles. The summed E-state index contributed by atoms with van der Waals surface area (Å²) in [6.07, 6.45) is 6.43. The number of likely N-dealkylation sites (N-methyl/N-ethyl adjacent to an activating group) is 1. The Kier molecular flexibility index (Phi) is 12.2. The number of nitrogens with one attached hydrogen (secondary N) is 2. The van der Waals surface area contributed by atoms with Gasteiger partial charge in [0.15, 0.2) is 12.1 Å². The third kappa shape index (κ3) is 11.0. The van der Waals surface area contributed by atoms with Crippen LogP contribution in [-0.4, -0.2) is 66.0 Å². The second-order valence-corrected chi connectivity index (χ2v) is 13.1. The van der Waals surface area contributed by atoms with E-state index >= 15 is 0 Å². The van der Waals surface area contributed by atoms with Crippen LogP contribution in [0.4, 0.5) is 26.2 Å². The molecule has 2 N–H and O–H groups in total. The van der Waals surface area contributed by atoms with Gasteiger partial charge in [0.2, 0.25) is 5.91 Å². The Balaban J connectivity index is 1.44. The highest BCUT2D eigenvalue weighted by Crippen LogP contribution is 2.32. The number of ketones is 1. The van der Waals surface area contributed by atoms with Crippen LogP contribution in [0.2, 0.25) is 0 Å². The summed E-state index contributed by atoms with van der Waals surface area (Å²) in [5.41, 5.74) is 2.43. The van der Waals surface area contributed by atoms with E-state index in [-0.39, 0.29) is 23.5 Å². The Labute approximate surface area is 297 Å². The minimum absolute atomic E-state index is 0.207. The predicted octanol–water partition coefficient (Wildman–Crippen LogP) is 6.95. The van der Waals surface area contributed by atoms with Crippen LogP contribution in [0, 0.1) is 17.7 Å². The number of Topliss-reactive ketones (excluding diaryl/α,β-unsaturated/α-hetero) is 1. The van der Waals surface area contributed by atoms with Crippen LogP contribution in [0.1, 0.15) is 67.9 Å². The van der Waals surface area contributed by atoms with E-state index in [0.717, 1.165) is 24.9 Å². The molecular weight excluding hydrogens is 653 g/mol. The highest BCUT2D eigenvalue weighted by molar-refractivity contribution is 6.12. The average Bonchev–Trinajstić information content (AvgIpc) is 3.64. The van der Waals surface area contributed by atoms with Crippen LogP contribution >= 0.6 is 0 Å². The van der Waals surface area contributed by atoms with E-state index in [1.165, 1.54) is 12.1 Å². The molecule has 266 valence electrons. The van der Waals surface area contributed by atoms with Gasteiger partial charge < -0.3 is 29.0 Å². The maximum absolute atomic E-state index is 13.6. The summed E-state index contributed by atoms with van der Waals surface area (Å²) in [4.78, 5) is 45.6. The van der Waals surface area contributed by atoms with Crippen molar-refractivity contribution in [2.24, 2.45) is 0 Å². The summed E-state index contributed by atoms with van der Waals surface area (Å²) in [5.74, 6) is 4.82. The van der Waals surface area contributed by atoms with Gasteiger partial charge in [0.05, 0.1) is 42.0 Å². The molecule has 51 heavy (non-hydrogen) atoms. The zero-order chi connectivity index (χ0) is 36.4. The number of anilines is 3. The summed E-state index contributed by atoms with van der Waals surface area (Å²) >= 11 is 0. The smallest absolute Gasteiger partial charge is 0.412 e. The molecule has 0 spiro atoms. The summed E-state index contributed by atoms with van der Waals surface area (Å²) in [7, 11) is 1.86. The minimum Gasteiger partial charge on any atom is -0.444 e. The van der Waals surface area contributed by atoms with Crippen molar-refractivity contribution in [3.63, 3.8) is 0 Å². The van der Waals surface area contributed by atoms with Gasteiger partial charge in [-0.15, -0.1) is 0 Å². The summed E-state index contributed by atoms with van der Waals surface area (Å²) in [6.45, 7) is 6.71. The fourth-order valence-electron chi connectivity index (χ4n) is 5.28. The molecule has 2 heterocycles. The van der Waals surface area contributed by atoms with Crippen molar-refractivity contribution < 1.29 is 33.0 Å². The first kappa shape index (κ1) is 36.8. The number of amides is 2. The number of nitrogens with zero attached hydrogens (tertiary/aromatic N) is 3. The van der Waals surface area contributed by atoms with Gasteiger partial charge >= 0.3 is 6.09 Å². The van der Waals surface area contributed by atoms with Crippen molar-refractivity contribution in [1.29, 1.82) is 0 Å². The SMILES string of the molecule is CN(CCOC1CCCCO1)c1cc(NC(=O)OC(C)(C)C)c(NC(=O)CC(=O)c2cccc(-n3ccnc3)c2)cc1C#Cc1ccc(F)cc1. The van der Waals surface area contributed by atoms with Crippen molar-refractivity contribution in [3.8, 4) is 17.5 Å². The number of hydrogen-bond acceptors (Lipinski definition) is 8. The number of rotatable bonds is 11. The normalized spacial score (nSPS) is 14.2. The van der Waals surface area contributed by atoms with E-state index in [9.17, 15) is 18.8 Å². The summed E-state index contributed by atoms with van der Waals surface area (Å²) in [5, 5.41) is 5.55. The van der Waals surface area contributed by atoms with Gasteiger partial charge in [0.25, 0.3) is 0 Å². The van der Waals surface area contributed by atoms with E-state index in [4.69, 9.17) is 14.2 Å². The number of carbonyl (C=O) groups is 3. The first-order valence-electron chi connectivity index (χ1n) is 16.7. The molecule has 1 fully saturated rings. The molecule has 1 atom stereocenters. The number of carbonyl (C=O) groups excluding carboxylic acids is 3. The third-order valence-corrected chi connectivity index (χ3v) is 7.80. The van der Waals surface area contributed by atoms with Crippen LogP contribution < -0.4 is 15.5 Å². The van der Waals surface area contributed by atoms with Crippen molar-refractivity contribution in [2.75, 3.05) is 42.3 Å². The van der Waals surface area contributed by atoms with Gasteiger partial charge in [-0.3, -0.25) is 14.9 Å². The van der Waals surface area contributed by atoms with Gasteiger partial charge in [0.1, 0.15) is 11.4 Å². The molecule has 0 saturated carbocycles. The number of benzene rings is 3. The zero-order valence-electron chi connectivity index (χ0n) is 29.2. The van der Waals surface area contributed by atoms with Gasteiger partial charge in [-0.05, 0) is 88.6 Å². The molecule has 4 aromatic rings. The molecule has 12 heteroatoms. The monoisotopic (exact) mass is 695 g/mol. The fourth-order valence-corrected chi connectivity index (χ4v) is 5.28. The number of hydrogen-bond donors (Lipinski definition) is 2. The lowest BCUT2D eigenvalue weighted by molar-refractivity contribution is -0.160. The highest BCUT2D eigenvalue weighted by Gasteiger charge is 2.22.